The van der Waals surface area contributed by atoms with E-state index in [4.69, 9.17) is 5.26 Å². The quantitative estimate of drug-likeness (QED) is 0.818. The molecule has 0 amide bonds. The molecule has 1 heterocycles. The van der Waals surface area contributed by atoms with E-state index in [9.17, 15) is 8.42 Å². The van der Waals surface area contributed by atoms with Crippen LogP contribution < -0.4 is 0 Å². The van der Waals surface area contributed by atoms with E-state index in [-0.39, 0.29) is 6.04 Å². The molecule has 0 saturated carbocycles. The zero-order chi connectivity index (χ0) is 15.0. The average Bonchev–Trinajstić information content (AvgIpc) is 3.29. The van der Waals surface area contributed by atoms with Crippen molar-refractivity contribution < 1.29 is 8.42 Å². The molecule has 0 N–H and O–H groups in total. The molecular formula is C16H14N2O2S. The SMILES string of the molecule is Cc1ccc(S(=O)(=O)N2CC2c2ccc(C#N)cc2)cc1. The molecule has 2 aromatic carbocycles. The molecule has 3 rings (SSSR count). The fourth-order valence-electron chi connectivity index (χ4n) is 2.29. The number of aryl methyl sites for hydroxylation is 1. The van der Waals surface area contributed by atoms with Crippen molar-refractivity contribution in [2.24, 2.45) is 0 Å². The summed E-state index contributed by atoms with van der Waals surface area (Å²) < 4.78 is 26.4. The lowest BCUT2D eigenvalue weighted by atomic mass is 10.1. The second kappa shape index (κ2) is 4.99. The second-order valence-electron chi connectivity index (χ2n) is 5.14. The maximum absolute atomic E-state index is 12.5. The molecule has 0 bridgehead atoms. The molecule has 2 aromatic rings. The standard InChI is InChI=1S/C16H14N2O2S/c1-12-2-8-15(9-3-12)21(19,20)18-11-16(18)14-6-4-13(10-17)5-7-14/h2-9,16H,11H2,1H3. The Morgan fingerprint density at radius 2 is 1.71 bits per heavy atom. The van der Waals surface area contributed by atoms with Gasteiger partial charge in [0, 0.05) is 6.54 Å². The van der Waals surface area contributed by atoms with Crippen LogP contribution in [0.5, 0.6) is 0 Å². The first-order valence-electron chi connectivity index (χ1n) is 6.61. The van der Waals surface area contributed by atoms with Crippen LogP contribution in [-0.4, -0.2) is 19.3 Å². The van der Waals surface area contributed by atoms with E-state index in [0.717, 1.165) is 11.1 Å². The summed E-state index contributed by atoms with van der Waals surface area (Å²) in [6, 6.07) is 15.9. The largest absolute Gasteiger partial charge is 0.243 e. The minimum absolute atomic E-state index is 0.121. The van der Waals surface area contributed by atoms with Crippen molar-refractivity contribution in [2.45, 2.75) is 17.9 Å². The fourth-order valence-corrected chi connectivity index (χ4v) is 3.83. The zero-order valence-corrected chi connectivity index (χ0v) is 12.3. The van der Waals surface area contributed by atoms with Crippen LogP contribution in [0.4, 0.5) is 0 Å². The topological polar surface area (TPSA) is 60.9 Å². The Morgan fingerprint density at radius 1 is 1.10 bits per heavy atom. The van der Waals surface area contributed by atoms with Crippen molar-refractivity contribution in [2.75, 3.05) is 6.54 Å². The summed E-state index contributed by atoms with van der Waals surface area (Å²) in [5.41, 5.74) is 2.53. The number of nitriles is 1. The summed E-state index contributed by atoms with van der Waals surface area (Å²) in [5, 5.41) is 8.78. The lowest BCUT2D eigenvalue weighted by Crippen LogP contribution is -2.12. The minimum Gasteiger partial charge on any atom is -0.207 e. The third-order valence-corrected chi connectivity index (χ3v) is 5.51. The molecule has 5 heteroatoms. The Morgan fingerprint density at radius 3 is 2.29 bits per heavy atom. The lowest BCUT2D eigenvalue weighted by molar-refractivity contribution is 0.554. The summed E-state index contributed by atoms with van der Waals surface area (Å²) in [4.78, 5) is 0.323. The van der Waals surface area contributed by atoms with Gasteiger partial charge in [-0.1, -0.05) is 29.8 Å². The Balaban J connectivity index is 1.83. The smallest absolute Gasteiger partial charge is 0.207 e. The zero-order valence-electron chi connectivity index (χ0n) is 11.5. The Hall–Kier alpha value is -2.16. The van der Waals surface area contributed by atoms with Crippen LogP contribution in [-0.2, 0) is 10.0 Å². The number of rotatable bonds is 3. The van der Waals surface area contributed by atoms with Gasteiger partial charge < -0.3 is 0 Å². The van der Waals surface area contributed by atoms with E-state index in [1.165, 1.54) is 4.31 Å². The van der Waals surface area contributed by atoms with Crippen molar-refractivity contribution in [3.8, 4) is 6.07 Å². The van der Waals surface area contributed by atoms with Gasteiger partial charge in [0.15, 0.2) is 0 Å². The number of benzene rings is 2. The molecule has 2 unspecified atom stereocenters. The van der Waals surface area contributed by atoms with Gasteiger partial charge in [-0.25, -0.2) is 8.42 Å². The number of hydrogen-bond acceptors (Lipinski definition) is 3. The Bertz CT molecular complexity index is 803. The molecule has 0 radical (unpaired) electrons. The lowest BCUT2D eigenvalue weighted by Gasteiger charge is -2.07. The van der Waals surface area contributed by atoms with E-state index in [2.05, 4.69) is 6.07 Å². The number of sulfonamides is 1. The van der Waals surface area contributed by atoms with Gasteiger partial charge in [0.1, 0.15) is 0 Å². The third-order valence-electron chi connectivity index (χ3n) is 3.62. The third kappa shape index (κ3) is 2.56. The highest BCUT2D eigenvalue weighted by Gasteiger charge is 2.45. The Kier molecular flexibility index (Phi) is 3.28. The molecule has 1 aliphatic heterocycles. The maximum atomic E-state index is 12.5. The monoisotopic (exact) mass is 298 g/mol. The van der Waals surface area contributed by atoms with Gasteiger partial charge in [-0.05, 0) is 36.8 Å². The predicted octanol–water partition coefficient (Wildman–Crippen LogP) is 2.61. The molecular weight excluding hydrogens is 284 g/mol. The molecule has 1 saturated heterocycles. The fraction of sp³-hybridized carbons (Fsp3) is 0.188. The molecule has 21 heavy (non-hydrogen) atoms. The second-order valence-corrected chi connectivity index (χ2v) is 7.03. The van der Waals surface area contributed by atoms with Crippen LogP contribution in [0.25, 0.3) is 0 Å². The molecule has 1 fully saturated rings. The summed E-state index contributed by atoms with van der Waals surface area (Å²) in [5.74, 6) is 0. The summed E-state index contributed by atoms with van der Waals surface area (Å²) in [6.07, 6.45) is 0. The molecule has 0 spiro atoms. The van der Waals surface area contributed by atoms with E-state index >= 15 is 0 Å². The molecule has 2 atom stereocenters. The summed E-state index contributed by atoms with van der Waals surface area (Å²) >= 11 is 0. The van der Waals surface area contributed by atoms with Gasteiger partial charge in [0.25, 0.3) is 0 Å². The van der Waals surface area contributed by atoms with Crippen LogP contribution in [0.3, 0.4) is 0 Å². The van der Waals surface area contributed by atoms with Crippen molar-refractivity contribution in [3.63, 3.8) is 0 Å². The average molecular weight is 298 g/mol. The summed E-state index contributed by atoms with van der Waals surface area (Å²) in [6.45, 7) is 2.41. The van der Waals surface area contributed by atoms with Crippen LogP contribution in [0.15, 0.2) is 53.4 Å². The summed E-state index contributed by atoms with van der Waals surface area (Å²) in [7, 11) is -3.43. The van der Waals surface area contributed by atoms with E-state index < -0.39 is 10.0 Å². The van der Waals surface area contributed by atoms with Gasteiger partial charge in [0.05, 0.1) is 22.6 Å². The Labute approximate surface area is 124 Å². The van der Waals surface area contributed by atoms with Crippen molar-refractivity contribution in [1.82, 2.24) is 4.31 Å². The van der Waals surface area contributed by atoms with Gasteiger partial charge in [-0.15, -0.1) is 0 Å². The highest BCUT2D eigenvalue weighted by molar-refractivity contribution is 7.89. The number of nitrogens with zero attached hydrogens (tertiary/aromatic N) is 2. The van der Waals surface area contributed by atoms with Gasteiger partial charge in [0.2, 0.25) is 10.0 Å². The molecule has 106 valence electrons. The highest BCUT2D eigenvalue weighted by Crippen LogP contribution is 2.40. The number of hydrogen-bond donors (Lipinski definition) is 0. The van der Waals surface area contributed by atoms with Crippen molar-refractivity contribution in [3.05, 3.63) is 65.2 Å². The van der Waals surface area contributed by atoms with Gasteiger partial charge in [-0.2, -0.15) is 9.57 Å². The minimum atomic E-state index is -3.43. The predicted molar refractivity (Wildman–Crippen MR) is 79.0 cm³/mol. The first-order valence-corrected chi connectivity index (χ1v) is 8.05. The van der Waals surface area contributed by atoms with E-state index in [0.29, 0.717) is 17.0 Å². The van der Waals surface area contributed by atoms with Crippen molar-refractivity contribution in [1.29, 1.82) is 5.26 Å². The van der Waals surface area contributed by atoms with Crippen LogP contribution >= 0.6 is 0 Å². The van der Waals surface area contributed by atoms with Crippen LogP contribution in [0.1, 0.15) is 22.7 Å². The van der Waals surface area contributed by atoms with Gasteiger partial charge in [-0.3, -0.25) is 0 Å². The van der Waals surface area contributed by atoms with E-state index in [1.807, 2.05) is 19.1 Å². The first-order chi connectivity index (χ1) is 10.0. The van der Waals surface area contributed by atoms with Crippen LogP contribution in [0.2, 0.25) is 0 Å². The molecule has 0 aromatic heterocycles. The molecule has 1 aliphatic rings. The molecule has 0 aliphatic carbocycles. The highest BCUT2D eigenvalue weighted by atomic mass is 32.2. The van der Waals surface area contributed by atoms with E-state index in [1.54, 1.807) is 36.4 Å². The van der Waals surface area contributed by atoms with Crippen molar-refractivity contribution >= 4 is 10.0 Å². The normalized spacial score (nSPS) is 20.8. The van der Waals surface area contributed by atoms with Crippen LogP contribution in [0, 0.1) is 18.3 Å². The maximum Gasteiger partial charge on any atom is 0.243 e. The molecule has 4 nitrogen and oxygen atoms in total. The first kappa shape index (κ1) is 13.8. The van der Waals surface area contributed by atoms with Gasteiger partial charge >= 0.3 is 0 Å².